The Labute approximate surface area is 187 Å². The Hall–Kier alpha value is -4.59. The number of nitrogens with zero attached hydrogens (tertiary/aromatic N) is 3. The number of hydrogen-bond acceptors (Lipinski definition) is 5. The lowest BCUT2D eigenvalue weighted by atomic mass is 10.1. The second kappa shape index (κ2) is 8.16. The van der Waals surface area contributed by atoms with Crippen LogP contribution < -0.4 is 4.90 Å². The van der Waals surface area contributed by atoms with Gasteiger partial charge < -0.3 is 4.74 Å². The van der Waals surface area contributed by atoms with E-state index in [0.717, 1.165) is 16.2 Å². The number of carbonyl (C=O) groups is 3. The Morgan fingerprint density at radius 2 is 1.58 bits per heavy atom. The minimum absolute atomic E-state index is 0.0455. The van der Waals surface area contributed by atoms with Crippen molar-refractivity contribution >= 4 is 23.5 Å². The zero-order valence-electron chi connectivity index (χ0n) is 17.1. The number of carbonyl (C=O) groups excluding carboxylic acids is 3. The Balaban J connectivity index is 1.30. The molecule has 0 fully saturated rings. The van der Waals surface area contributed by atoms with Crippen LogP contribution >= 0.6 is 0 Å². The van der Waals surface area contributed by atoms with Gasteiger partial charge in [-0.15, -0.1) is 0 Å². The topological polar surface area (TPSA) is 81.5 Å². The Kier molecular flexibility index (Phi) is 5.02. The van der Waals surface area contributed by atoms with E-state index in [0.29, 0.717) is 0 Å². The molecule has 33 heavy (non-hydrogen) atoms. The molecular weight excluding hydrogens is 425 g/mol. The lowest BCUT2D eigenvalue weighted by Gasteiger charge is -2.13. The summed E-state index contributed by atoms with van der Waals surface area (Å²) in [5, 5.41) is 4.16. The van der Waals surface area contributed by atoms with E-state index in [9.17, 15) is 18.8 Å². The first-order chi connectivity index (χ1) is 16.0. The molecule has 0 bridgehead atoms. The molecular formula is C25H16FN3O4. The number of ether oxygens (including phenoxy) is 1. The van der Waals surface area contributed by atoms with Gasteiger partial charge in [0.05, 0.1) is 28.1 Å². The number of anilines is 1. The fraction of sp³-hybridized carbons (Fsp3) is 0.0400. The standard InChI is InChI=1S/C25H16FN3O4/c26-18-5-9-20(10-6-18)29-23(30)21-11-4-17(14-22(21)24(29)31)25(32)33-15-16-2-7-19(8-3-16)28-13-1-12-27-28/h1-14H,15H2. The fourth-order valence-electron chi connectivity index (χ4n) is 3.59. The van der Waals surface area contributed by atoms with Crippen molar-refractivity contribution in [2.24, 2.45) is 0 Å². The molecule has 0 aliphatic carbocycles. The van der Waals surface area contributed by atoms with E-state index < -0.39 is 23.6 Å². The number of esters is 1. The van der Waals surface area contributed by atoms with Crippen molar-refractivity contribution in [2.45, 2.75) is 6.61 Å². The normalized spacial score (nSPS) is 12.7. The van der Waals surface area contributed by atoms with E-state index in [2.05, 4.69) is 5.10 Å². The number of hydrogen-bond donors (Lipinski definition) is 0. The van der Waals surface area contributed by atoms with Crippen LogP contribution in [-0.4, -0.2) is 27.6 Å². The highest BCUT2D eigenvalue weighted by atomic mass is 19.1. The third-order valence-electron chi connectivity index (χ3n) is 5.28. The molecule has 2 amide bonds. The maximum atomic E-state index is 13.2. The van der Waals surface area contributed by atoms with Crippen LogP contribution in [0.25, 0.3) is 5.69 Å². The maximum absolute atomic E-state index is 13.2. The van der Waals surface area contributed by atoms with E-state index in [1.54, 1.807) is 10.9 Å². The Morgan fingerprint density at radius 3 is 2.27 bits per heavy atom. The molecule has 162 valence electrons. The van der Waals surface area contributed by atoms with Gasteiger partial charge in [0.15, 0.2) is 0 Å². The number of imide groups is 1. The average molecular weight is 441 g/mol. The third-order valence-corrected chi connectivity index (χ3v) is 5.28. The highest BCUT2D eigenvalue weighted by Crippen LogP contribution is 2.29. The van der Waals surface area contributed by atoms with Crippen LogP contribution in [0, 0.1) is 5.82 Å². The lowest BCUT2D eigenvalue weighted by Crippen LogP contribution is -2.29. The maximum Gasteiger partial charge on any atom is 0.338 e. The summed E-state index contributed by atoms with van der Waals surface area (Å²) >= 11 is 0. The van der Waals surface area contributed by atoms with E-state index in [1.165, 1.54) is 42.5 Å². The molecule has 4 aromatic rings. The van der Waals surface area contributed by atoms with Gasteiger partial charge in [-0.05, 0) is 66.2 Å². The number of benzene rings is 3. The van der Waals surface area contributed by atoms with Gasteiger partial charge in [0.1, 0.15) is 12.4 Å². The van der Waals surface area contributed by atoms with Crippen molar-refractivity contribution in [3.8, 4) is 5.69 Å². The van der Waals surface area contributed by atoms with Crippen LogP contribution in [0.2, 0.25) is 0 Å². The van der Waals surface area contributed by atoms with Crippen molar-refractivity contribution in [1.29, 1.82) is 0 Å². The number of fused-ring (bicyclic) bond motifs is 1. The summed E-state index contributed by atoms with van der Waals surface area (Å²) in [5.41, 5.74) is 2.35. The van der Waals surface area contributed by atoms with E-state index in [-0.39, 0.29) is 29.0 Å². The van der Waals surface area contributed by atoms with Crippen molar-refractivity contribution in [3.05, 3.63) is 113 Å². The summed E-state index contributed by atoms with van der Waals surface area (Å²) in [6, 6.07) is 18.5. The minimum atomic E-state index is -0.616. The van der Waals surface area contributed by atoms with Crippen LogP contribution in [0.5, 0.6) is 0 Å². The molecule has 1 aliphatic rings. The summed E-state index contributed by atoms with van der Waals surface area (Å²) in [7, 11) is 0. The smallest absolute Gasteiger partial charge is 0.338 e. The van der Waals surface area contributed by atoms with Gasteiger partial charge in [0, 0.05) is 12.4 Å². The Morgan fingerprint density at radius 1 is 0.879 bits per heavy atom. The quantitative estimate of drug-likeness (QED) is 0.343. The summed E-state index contributed by atoms with van der Waals surface area (Å²) in [4.78, 5) is 39.0. The molecule has 0 atom stereocenters. The molecule has 0 radical (unpaired) electrons. The van der Waals surface area contributed by atoms with Crippen molar-refractivity contribution in [3.63, 3.8) is 0 Å². The molecule has 0 N–H and O–H groups in total. The van der Waals surface area contributed by atoms with Gasteiger partial charge in [0.2, 0.25) is 0 Å². The van der Waals surface area contributed by atoms with Gasteiger partial charge in [0.25, 0.3) is 11.8 Å². The van der Waals surface area contributed by atoms with Crippen LogP contribution in [0.1, 0.15) is 36.6 Å². The van der Waals surface area contributed by atoms with Crippen LogP contribution in [0.4, 0.5) is 10.1 Å². The average Bonchev–Trinajstić information content (AvgIpc) is 3.46. The van der Waals surface area contributed by atoms with Crippen LogP contribution in [0.15, 0.2) is 85.2 Å². The SMILES string of the molecule is O=C(OCc1ccc(-n2cccn2)cc1)c1ccc2c(c1)C(=O)N(c1ccc(F)cc1)C2=O. The first kappa shape index (κ1) is 20.3. The molecule has 3 aromatic carbocycles. The zero-order chi connectivity index (χ0) is 22.9. The highest BCUT2D eigenvalue weighted by molar-refractivity contribution is 6.34. The Bertz CT molecular complexity index is 1360. The van der Waals surface area contributed by atoms with Gasteiger partial charge >= 0.3 is 5.97 Å². The molecule has 1 aliphatic heterocycles. The largest absolute Gasteiger partial charge is 0.457 e. The first-order valence-corrected chi connectivity index (χ1v) is 10.1. The van der Waals surface area contributed by atoms with E-state index in [1.807, 2.05) is 36.5 Å². The lowest BCUT2D eigenvalue weighted by molar-refractivity contribution is 0.0472. The highest BCUT2D eigenvalue weighted by Gasteiger charge is 2.37. The number of aromatic nitrogens is 2. The first-order valence-electron chi connectivity index (χ1n) is 10.1. The van der Waals surface area contributed by atoms with Crippen LogP contribution in [0.3, 0.4) is 0 Å². The van der Waals surface area contributed by atoms with Gasteiger partial charge in [-0.3, -0.25) is 9.59 Å². The predicted molar refractivity (Wildman–Crippen MR) is 117 cm³/mol. The predicted octanol–water partition coefficient (Wildman–Crippen LogP) is 4.17. The van der Waals surface area contributed by atoms with Crippen molar-refractivity contribution < 1.29 is 23.5 Å². The second-order valence-electron chi connectivity index (χ2n) is 7.38. The number of rotatable bonds is 5. The summed E-state index contributed by atoms with van der Waals surface area (Å²) < 4.78 is 20.3. The fourth-order valence-corrected chi connectivity index (χ4v) is 3.59. The monoisotopic (exact) mass is 441 g/mol. The van der Waals surface area contributed by atoms with Crippen molar-refractivity contribution in [1.82, 2.24) is 9.78 Å². The van der Waals surface area contributed by atoms with Gasteiger partial charge in [-0.2, -0.15) is 5.10 Å². The number of amides is 2. The molecule has 0 saturated heterocycles. The molecule has 2 heterocycles. The third kappa shape index (κ3) is 3.78. The number of halogens is 1. The molecule has 7 nitrogen and oxygen atoms in total. The second-order valence-corrected chi connectivity index (χ2v) is 7.38. The molecule has 0 unspecified atom stereocenters. The van der Waals surface area contributed by atoms with E-state index in [4.69, 9.17) is 4.74 Å². The molecule has 5 rings (SSSR count). The molecule has 1 aromatic heterocycles. The van der Waals surface area contributed by atoms with Gasteiger partial charge in [-0.1, -0.05) is 12.1 Å². The summed E-state index contributed by atoms with van der Waals surface area (Å²) in [5.74, 6) is -2.20. The van der Waals surface area contributed by atoms with E-state index >= 15 is 0 Å². The summed E-state index contributed by atoms with van der Waals surface area (Å²) in [6.07, 6.45) is 3.51. The molecule has 0 spiro atoms. The molecule has 8 heteroatoms. The minimum Gasteiger partial charge on any atom is -0.457 e. The summed E-state index contributed by atoms with van der Waals surface area (Å²) in [6.45, 7) is 0.0455. The van der Waals surface area contributed by atoms with Crippen molar-refractivity contribution in [2.75, 3.05) is 4.90 Å². The zero-order valence-corrected chi connectivity index (χ0v) is 17.1. The van der Waals surface area contributed by atoms with Gasteiger partial charge in [-0.25, -0.2) is 18.8 Å². The van der Waals surface area contributed by atoms with Crippen LogP contribution in [-0.2, 0) is 11.3 Å². The molecule has 0 saturated carbocycles.